The lowest BCUT2D eigenvalue weighted by molar-refractivity contribution is -0.132. The standard InChI is InChI=1S/C20H23ClN2O2S/c1-3-12-23(13-19(24)22-17-10-6-4-8-15(17)2)20(25)14-26-18-11-7-5-9-16(18)21/h4-11H,3,12-14H2,1-2H3,(H,22,24). The number of halogens is 1. The van der Waals surface area contributed by atoms with Crippen LogP contribution in [0.4, 0.5) is 5.69 Å². The Bertz CT molecular complexity index is 767. The first-order chi connectivity index (χ1) is 12.5. The van der Waals surface area contributed by atoms with Crippen molar-refractivity contribution >= 4 is 40.9 Å². The summed E-state index contributed by atoms with van der Waals surface area (Å²) < 4.78 is 0. The average molecular weight is 391 g/mol. The zero-order valence-corrected chi connectivity index (χ0v) is 16.6. The molecule has 0 aliphatic rings. The number of para-hydroxylation sites is 1. The van der Waals surface area contributed by atoms with E-state index in [1.165, 1.54) is 11.8 Å². The maximum atomic E-state index is 12.6. The van der Waals surface area contributed by atoms with E-state index in [4.69, 9.17) is 11.6 Å². The van der Waals surface area contributed by atoms with Crippen LogP contribution in [0.5, 0.6) is 0 Å². The molecule has 0 radical (unpaired) electrons. The van der Waals surface area contributed by atoms with Crippen LogP contribution in [-0.4, -0.2) is 35.6 Å². The lowest BCUT2D eigenvalue weighted by atomic mass is 10.2. The maximum absolute atomic E-state index is 12.6. The molecule has 138 valence electrons. The van der Waals surface area contributed by atoms with Gasteiger partial charge in [0, 0.05) is 17.1 Å². The molecule has 2 aromatic carbocycles. The second-order valence-corrected chi connectivity index (χ2v) is 7.32. The number of anilines is 1. The van der Waals surface area contributed by atoms with Crippen LogP contribution in [0, 0.1) is 6.92 Å². The smallest absolute Gasteiger partial charge is 0.244 e. The van der Waals surface area contributed by atoms with Crippen molar-refractivity contribution in [3.8, 4) is 0 Å². The van der Waals surface area contributed by atoms with Crippen LogP contribution in [0.25, 0.3) is 0 Å². The summed E-state index contributed by atoms with van der Waals surface area (Å²) in [4.78, 5) is 27.4. The van der Waals surface area contributed by atoms with E-state index in [1.807, 2.05) is 56.3 Å². The third-order valence-corrected chi connectivity index (χ3v) is 5.29. The van der Waals surface area contributed by atoms with Gasteiger partial charge in [0.1, 0.15) is 0 Å². The van der Waals surface area contributed by atoms with Gasteiger partial charge >= 0.3 is 0 Å². The maximum Gasteiger partial charge on any atom is 0.244 e. The van der Waals surface area contributed by atoms with Crippen LogP contribution in [0.1, 0.15) is 18.9 Å². The van der Waals surface area contributed by atoms with E-state index in [2.05, 4.69) is 5.32 Å². The highest BCUT2D eigenvalue weighted by Gasteiger charge is 2.17. The zero-order valence-electron chi connectivity index (χ0n) is 15.0. The first-order valence-electron chi connectivity index (χ1n) is 8.52. The quantitative estimate of drug-likeness (QED) is 0.669. The number of benzene rings is 2. The fraction of sp³-hybridized carbons (Fsp3) is 0.300. The van der Waals surface area contributed by atoms with Crippen molar-refractivity contribution < 1.29 is 9.59 Å². The summed E-state index contributed by atoms with van der Waals surface area (Å²) in [5.74, 6) is -0.0120. The molecule has 0 unspecified atom stereocenters. The van der Waals surface area contributed by atoms with Crippen molar-refractivity contribution in [3.63, 3.8) is 0 Å². The molecule has 6 heteroatoms. The summed E-state index contributed by atoms with van der Waals surface area (Å²) in [6, 6.07) is 15.0. The van der Waals surface area contributed by atoms with Gasteiger partial charge in [-0.1, -0.05) is 48.9 Å². The number of hydrogen-bond acceptors (Lipinski definition) is 3. The van der Waals surface area contributed by atoms with Gasteiger partial charge in [-0.15, -0.1) is 11.8 Å². The van der Waals surface area contributed by atoms with E-state index in [0.717, 1.165) is 22.6 Å². The Hall–Kier alpha value is -1.98. The molecule has 0 atom stereocenters. The lowest BCUT2D eigenvalue weighted by Crippen LogP contribution is -2.39. The van der Waals surface area contributed by atoms with E-state index < -0.39 is 0 Å². The Morgan fingerprint density at radius 1 is 1.12 bits per heavy atom. The van der Waals surface area contributed by atoms with Crippen LogP contribution in [-0.2, 0) is 9.59 Å². The molecule has 0 saturated heterocycles. The van der Waals surface area contributed by atoms with Gasteiger partial charge in [-0.3, -0.25) is 9.59 Å². The summed E-state index contributed by atoms with van der Waals surface area (Å²) in [7, 11) is 0. The largest absolute Gasteiger partial charge is 0.333 e. The predicted octanol–water partition coefficient (Wildman–Crippen LogP) is 4.62. The number of nitrogens with zero attached hydrogens (tertiary/aromatic N) is 1. The normalized spacial score (nSPS) is 10.4. The summed E-state index contributed by atoms with van der Waals surface area (Å²) in [6.07, 6.45) is 0.792. The molecule has 2 rings (SSSR count). The highest BCUT2D eigenvalue weighted by atomic mass is 35.5. The van der Waals surface area contributed by atoms with Crippen LogP contribution in [0.15, 0.2) is 53.4 Å². The first-order valence-corrected chi connectivity index (χ1v) is 9.88. The zero-order chi connectivity index (χ0) is 18.9. The number of amides is 2. The summed E-state index contributed by atoms with van der Waals surface area (Å²) in [5.41, 5.74) is 1.76. The number of hydrogen-bond donors (Lipinski definition) is 1. The predicted molar refractivity (Wildman–Crippen MR) is 109 cm³/mol. The molecular weight excluding hydrogens is 368 g/mol. The van der Waals surface area contributed by atoms with Gasteiger partial charge < -0.3 is 10.2 Å². The molecule has 2 amide bonds. The number of thioether (sulfide) groups is 1. The van der Waals surface area contributed by atoms with Crippen LogP contribution in [0.3, 0.4) is 0 Å². The van der Waals surface area contributed by atoms with Crippen molar-refractivity contribution in [2.24, 2.45) is 0 Å². The molecule has 0 fully saturated rings. The van der Waals surface area contributed by atoms with Gasteiger partial charge in [0.25, 0.3) is 0 Å². The van der Waals surface area contributed by atoms with E-state index in [0.29, 0.717) is 11.6 Å². The summed E-state index contributed by atoms with van der Waals surface area (Å²) in [5, 5.41) is 3.51. The molecular formula is C20H23ClN2O2S. The second kappa shape index (κ2) is 10.2. The molecule has 0 heterocycles. The van der Waals surface area contributed by atoms with Crippen molar-refractivity contribution in [1.29, 1.82) is 0 Å². The summed E-state index contributed by atoms with van der Waals surface area (Å²) >= 11 is 7.52. The third kappa shape index (κ3) is 6.07. The van der Waals surface area contributed by atoms with E-state index in [1.54, 1.807) is 11.0 Å². The number of carbonyl (C=O) groups is 2. The second-order valence-electron chi connectivity index (χ2n) is 5.90. The fourth-order valence-electron chi connectivity index (χ4n) is 2.43. The molecule has 0 aliphatic carbocycles. The Morgan fingerprint density at radius 3 is 2.50 bits per heavy atom. The molecule has 0 aromatic heterocycles. The molecule has 26 heavy (non-hydrogen) atoms. The first kappa shape index (κ1) is 20.3. The van der Waals surface area contributed by atoms with E-state index in [9.17, 15) is 9.59 Å². The molecule has 4 nitrogen and oxygen atoms in total. The summed E-state index contributed by atoms with van der Waals surface area (Å²) in [6.45, 7) is 4.51. The third-order valence-electron chi connectivity index (χ3n) is 3.79. The van der Waals surface area contributed by atoms with Gasteiger partial charge in [0.2, 0.25) is 11.8 Å². The number of rotatable bonds is 8. The molecule has 0 saturated carbocycles. The van der Waals surface area contributed by atoms with Crippen LogP contribution < -0.4 is 5.32 Å². The van der Waals surface area contributed by atoms with Gasteiger partial charge in [-0.25, -0.2) is 0 Å². The monoisotopic (exact) mass is 390 g/mol. The minimum atomic E-state index is -0.191. The van der Waals surface area contributed by atoms with Gasteiger partial charge in [0.15, 0.2) is 0 Å². The molecule has 1 N–H and O–H groups in total. The molecule has 2 aromatic rings. The SMILES string of the molecule is CCCN(CC(=O)Nc1ccccc1C)C(=O)CSc1ccccc1Cl. The Labute approximate surface area is 163 Å². The van der Waals surface area contributed by atoms with Crippen molar-refractivity contribution in [3.05, 3.63) is 59.1 Å². The van der Waals surface area contributed by atoms with Crippen LogP contribution >= 0.6 is 23.4 Å². The number of nitrogens with one attached hydrogen (secondary N) is 1. The van der Waals surface area contributed by atoms with Gasteiger partial charge in [-0.2, -0.15) is 0 Å². The number of aryl methyl sites for hydroxylation is 1. The van der Waals surface area contributed by atoms with Crippen LogP contribution in [0.2, 0.25) is 5.02 Å². The molecule has 0 spiro atoms. The van der Waals surface area contributed by atoms with Crippen molar-refractivity contribution in [2.45, 2.75) is 25.2 Å². The average Bonchev–Trinajstić information content (AvgIpc) is 2.62. The van der Waals surface area contributed by atoms with Crippen molar-refractivity contribution in [2.75, 3.05) is 24.2 Å². The minimum Gasteiger partial charge on any atom is -0.333 e. The van der Waals surface area contributed by atoms with E-state index >= 15 is 0 Å². The highest BCUT2D eigenvalue weighted by molar-refractivity contribution is 8.00. The fourth-order valence-corrected chi connectivity index (χ4v) is 3.57. The Balaban J connectivity index is 1.94. The Morgan fingerprint density at radius 2 is 1.81 bits per heavy atom. The number of carbonyl (C=O) groups excluding carboxylic acids is 2. The Kier molecular flexibility index (Phi) is 8.01. The van der Waals surface area contributed by atoms with Gasteiger partial charge in [0.05, 0.1) is 17.3 Å². The van der Waals surface area contributed by atoms with Crippen molar-refractivity contribution in [1.82, 2.24) is 4.90 Å². The van der Waals surface area contributed by atoms with E-state index in [-0.39, 0.29) is 24.1 Å². The van der Waals surface area contributed by atoms with Gasteiger partial charge in [-0.05, 0) is 37.1 Å². The minimum absolute atomic E-state index is 0.0457. The highest BCUT2D eigenvalue weighted by Crippen LogP contribution is 2.26. The molecule has 0 bridgehead atoms. The topological polar surface area (TPSA) is 49.4 Å². The molecule has 0 aliphatic heterocycles. The lowest BCUT2D eigenvalue weighted by Gasteiger charge is -2.22.